The van der Waals surface area contributed by atoms with Gasteiger partial charge in [-0.15, -0.1) is 0 Å². The predicted molar refractivity (Wildman–Crippen MR) is 35.4 cm³/mol. The summed E-state index contributed by atoms with van der Waals surface area (Å²) in [5, 5.41) is 42.6. The van der Waals surface area contributed by atoms with Crippen molar-refractivity contribution < 1.29 is 25.5 Å². The van der Waals surface area contributed by atoms with Crippen molar-refractivity contribution in [1.29, 1.82) is 0 Å². The molecule has 4 radical (unpaired) electrons. The smallest absolute Gasteiger partial charge is 0.110 e. The summed E-state index contributed by atoms with van der Waals surface area (Å²) in [7, 11) is 0. The molecule has 0 spiro atoms. The third kappa shape index (κ3) is 4.28. The van der Waals surface area contributed by atoms with Crippen LogP contribution in [0.3, 0.4) is 0 Å². The molecular formula is C6H12O5. The summed E-state index contributed by atoms with van der Waals surface area (Å²) in [4.78, 5) is 0. The Balaban J connectivity index is 0. The van der Waals surface area contributed by atoms with Crippen LogP contribution in [0.5, 0.6) is 0 Å². The Morgan fingerprint density at radius 2 is 1.09 bits per heavy atom. The van der Waals surface area contributed by atoms with Gasteiger partial charge in [0.2, 0.25) is 0 Å². The first-order chi connectivity index (χ1) is 4.63. The zero-order valence-corrected chi connectivity index (χ0v) is 5.88. The molecule has 0 aromatic heterocycles. The molecule has 0 aliphatic rings. The van der Waals surface area contributed by atoms with Gasteiger partial charge in [0.1, 0.15) is 18.3 Å². The third-order valence-electron chi connectivity index (χ3n) is 1.16. The minimum atomic E-state index is -1.49. The molecule has 5 heteroatoms. The second-order valence-corrected chi connectivity index (χ2v) is 1.99. The molecule has 0 saturated carbocycles. The van der Waals surface area contributed by atoms with Crippen LogP contribution >= 0.6 is 0 Å². The highest BCUT2D eigenvalue weighted by Gasteiger charge is 2.22. The molecule has 0 aromatic rings. The molecule has 5 N–H and O–H groups in total. The van der Waals surface area contributed by atoms with Crippen molar-refractivity contribution in [3.63, 3.8) is 0 Å². The van der Waals surface area contributed by atoms with Gasteiger partial charge in [0.05, 0.1) is 13.2 Å². The first-order valence-electron chi connectivity index (χ1n) is 2.89. The maximum Gasteiger partial charge on any atom is 0.110 e. The summed E-state index contributed by atoms with van der Waals surface area (Å²) in [6.07, 6.45) is -4.29. The van der Waals surface area contributed by atoms with Gasteiger partial charge in [0.25, 0.3) is 0 Å². The van der Waals surface area contributed by atoms with Crippen molar-refractivity contribution in [1.82, 2.24) is 0 Å². The highest BCUT2D eigenvalue weighted by Crippen LogP contribution is 1.97. The zero-order chi connectivity index (χ0) is 8.15. The number of aliphatic hydroxyl groups is 5. The van der Waals surface area contributed by atoms with Gasteiger partial charge in [-0.25, -0.2) is 0 Å². The summed E-state index contributed by atoms with van der Waals surface area (Å²) < 4.78 is 0. The molecule has 0 rings (SSSR count). The molecule has 5 nitrogen and oxygen atoms in total. The van der Waals surface area contributed by atoms with E-state index in [1.54, 1.807) is 0 Å². The summed E-state index contributed by atoms with van der Waals surface area (Å²) >= 11 is 0. The average Bonchev–Trinajstić information content (AvgIpc) is 2.00. The van der Waals surface area contributed by atoms with Crippen LogP contribution in [0, 0.1) is 7.43 Å². The van der Waals surface area contributed by atoms with E-state index in [1.807, 2.05) is 0 Å². The first kappa shape index (κ1) is 13.4. The summed E-state index contributed by atoms with van der Waals surface area (Å²) in [6, 6.07) is 0. The molecule has 0 bridgehead atoms. The zero-order valence-electron chi connectivity index (χ0n) is 5.88. The van der Waals surface area contributed by atoms with Crippen LogP contribution in [-0.2, 0) is 0 Å². The van der Waals surface area contributed by atoms with Crippen molar-refractivity contribution in [3.05, 3.63) is 7.43 Å². The minimum Gasteiger partial charge on any atom is -0.394 e. The summed E-state index contributed by atoms with van der Waals surface area (Å²) in [6.45, 7) is -1.28. The van der Waals surface area contributed by atoms with E-state index >= 15 is 0 Å². The van der Waals surface area contributed by atoms with Crippen LogP contribution in [0.25, 0.3) is 0 Å². The van der Waals surface area contributed by atoms with Crippen LogP contribution in [0.2, 0.25) is 0 Å². The van der Waals surface area contributed by atoms with Gasteiger partial charge < -0.3 is 25.5 Å². The molecule has 11 heavy (non-hydrogen) atoms. The lowest BCUT2D eigenvalue weighted by atomic mass is 10.1. The molecule has 0 aliphatic heterocycles. The summed E-state index contributed by atoms with van der Waals surface area (Å²) in [5.74, 6) is 0. The Hall–Kier alpha value is -0.200. The van der Waals surface area contributed by atoms with Gasteiger partial charge in [0, 0.05) is 7.43 Å². The van der Waals surface area contributed by atoms with Crippen molar-refractivity contribution >= 4 is 0 Å². The van der Waals surface area contributed by atoms with Crippen molar-refractivity contribution in [3.8, 4) is 0 Å². The second kappa shape index (κ2) is 6.51. The molecule has 0 aromatic carbocycles. The van der Waals surface area contributed by atoms with Crippen LogP contribution in [0.15, 0.2) is 0 Å². The van der Waals surface area contributed by atoms with Crippen LogP contribution < -0.4 is 0 Å². The van der Waals surface area contributed by atoms with Gasteiger partial charge in [-0.3, -0.25) is 0 Å². The van der Waals surface area contributed by atoms with Crippen LogP contribution in [0.1, 0.15) is 0 Å². The molecule has 0 unspecified atom stereocenters. The maximum atomic E-state index is 8.77. The molecule has 0 amide bonds. The lowest BCUT2D eigenvalue weighted by molar-refractivity contribution is -0.0900. The Labute approximate surface area is 65.5 Å². The highest BCUT2D eigenvalue weighted by molar-refractivity contribution is 4.73. The lowest BCUT2D eigenvalue weighted by Gasteiger charge is -2.19. The Morgan fingerprint density at radius 1 is 0.818 bits per heavy atom. The molecular weight excluding hydrogens is 152 g/mol. The van der Waals surface area contributed by atoms with E-state index < -0.39 is 31.5 Å². The fraction of sp³-hybridized carbons (Fsp3) is 0.833. The number of hydrogen-bond acceptors (Lipinski definition) is 5. The van der Waals surface area contributed by atoms with Crippen molar-refractivity contribution in [2.45, 2.75) is 18.3 Å². The number of rotatable bonds is 4. The topological polar surface area (TPSA) is 101 Å². The standard InChI is InChI=1S/C5H12O5.C/c6-1-3(8)5(10)4(9)2-7;/h3-10H,1-2H2;/t3-,4+,5+;. The quantitative estimate of drug-likeness (QED) is 0.307. The second-order valence-electron chi connectivity index (χ2n) is 1.99. The van der Waals surface area contributed by atoms with E-state index in [1.165, 1.54) is 0 Å². The van der Waals surface area contributed by atoms with Crippen molar-refractivity contribution in [2.24, 2.45) is 0 Å². The SMILES string of the molecule is OC[C@@H](O)[C@H](O)[C@@H](O)CO.[C]. The minimum absolute atomic E-state index is 0. The summed E-state index contributed by atoms with van der Waals surface area (Å²) in [5.41, 5.74) is 0. The fourth-order valence-corrected chi connectivity index (χ4v) is 0.472. The largest absolute Gasteiger partial charge is 0.394 e. The Morgan fingerprint density at radius 3 is 1.27 bits per heavy atom. The monoisotopic (exact) mass is 164 g/mol. The van der Waals surface area contributed by atoms with E-state index in [0.29, 0.717) is 0 Å². The lowest BCUT2D eigenvalue weighted by Crippen LogP contribution is -2.41. The van der Waals surface area contributed by atoms with Gasteiger partial charge in [-0.2, -0.15) is 0 Å². The van der Waals surface area contributed by atoms with Gasteiger partial charge in [-0.1, -0.05) is 0 Å². The highest BCUT2D eigenvalue weighted by atomic mass is 16.4. The first-order valence-corrected chi connectivity index (χ1v) is 2.89. The van der Waals surface area contributed by atoms with E-state index in [2.05, 4.69) is 0 Å². The molecule has 3 atom stereocenters. The van der Waals surface area contributed by atoms with Crippen LogP contribution in [-0.4, -0.2) is 57.1 Å². The Kier molecular flexibility index (Phi) is 7.92. The van der Waals surface area contributed by atoms with Gasteiger partial charge in [0.15, 0.2) is 0 Å². The fourth-order valence-electron chi connectivity index (χ4n) is 0.472. The molecule has 66 valence electrons. The van der Waals surface area contributed by atoms with Crippen molar-refractivity contribution in [2.75, 3.05) is 13.2 Å². The molecule has 0 heterocycles. The Bertz CT molecular complexity index is 77.0. The number of aliphatic hydroxyl groups excluding tert-OH is 5. The van der Waals surface area contributed by atoms with E-state index in [4.69, 9.17) is 25.5 Å². The van der Waals surface area contributed by atoms with E-state index in [-0.39, 0.29) is 7.43 Å². The number of hydrogen-bond donors (Lipinski definition) is 5. The molecule has 0 saturated heterocycles. The average molecular weight is 164 g/mol. The third-order valence-corrected chi connectivity index (χ3v) is 1.16. The van der Waals surface area contributed by atoms with Gasteiger partial charge in [-0.05, 0) is 0 Å². The van der Waals surface area contributed by atoms with E-state index in [0.717, 1.165) is 0 Å². The van der Waals surface area contributed by atoms with Gasteiger partial charge >= 0.3 is 0 Å². The maximum absolute atomic E-state index is 8.77. The molecule has 0 fully saturated rings. The van der Waals surface area contributed by atoms with E-state index in [9.17, 15) is 0 Å². The predicted octanol–water partition coefficient (Wildman–Crippen LogP) is -2.87. The van der Waals surface area contributed by atoms with Crippen LogP contribution in [0.4, 0.5) is 0 Å². The molecule has 0 aliphatic carbocycles. The normalized spacial score (nSPS) is 18.3.